The van der Waals surface area contributed by atoms with E-state index in [1.165, 1.54) is 49.4 Å². The number of nitrogens with zero attached hydrogens (tertiary/aromatic N) is 2. The monoisotopic (exact) mass is 421 g/mol. The van der Waals surface area contributed by atoms with Crippen LogP contribution in [0.3, 0.4) is 0 Å². The van der Waals surface area contributed by atoms with Crippen molar-refractivity contribution in [1.29, 1.82) is 0 Å². The van der Waals surface area contributed by atoms with Crippen LogP contribution in [0, 0.1) is 0 Å². The lowest BCUT2D eigenvalue weighted by Gasteiger charge is -2.24. The predicted octanol–water partition coefficient (Wildman–Crippen LogP) is 5.99. The van der Waals surface area contributed by atoms with E-state index in [0.717, 1.165) is 53.8 Å². The van der Waals surface area contributed by atoms with Gasteiger partial charge < -0.3 is 10.2 Å². The minimum Gasteiger partial charge on any atom is -0.323 e. The Bertz CT molecular complexity index is 715. The third-order valence-corrected chi connectivity index (χ3v) is 6.28. The normalized spacial score (nSPS) is 15.8. The number of aryl methyl sites for hydroxylation is 1. The zero-order valence-electron chi connectivity index (χ0n) is 17.0. The number of halogens is 1. The summed E-state index contributed by atoms with van der Waals surface area (Å²) in [4.78, 5) is 20.4. The highest BCUT2D eigenvalue weighted by Crippen LogP contribution is 2.38. The van der Waals surface area contributed by atoms with Gasteiger partial charge in [-0.3, -0.25) is 9.79 Å². The van der Waals surface area contributed by atoms with Crippen LogP contribution in [0.2, 0.25) is 0 Å². The van der Waals surface area contributed by atoms with Crippen molar-refractivity contribution in [2.45, 2.75) is 65.2 Å². The molecule has 1 amide bonds. The molecular weight excluding hydrogens is 390 g/mol. The number of unbranched alkanes of at least 4 members (excludes halogenated alkanes) is 4. The second-order valence-electron chi connectivity index (χ2n) is 7.22. The molecule has 2 heterocycles. The van der Waals surface area contributed by atoms with E-state index in [9.17, 15) is 4.79 Å². The Labute approximate surface area is 179 Å². The van der Waals surface area contributed by atoms with Gasteiger partial charge >= 0.3 is 0 Å². The van der Waals surface area contributed by atoms with Crippen LogP contribution in [-0.4, -0.2) is 29.1 Å². The van der Waals surface area contributed by atoms with E-state index in [4.69, 9.17) is 0 Å². The van der Waals surface area contributed by atoms with Crippen molar-refractivity contribution in [2.75, 3.05) is 18.4 Å². The lowest BCUT2D eigenvalue weighted by atomic mass is 10.1. The first kappa shape index (κ1) is 22.8. The molecular formula is C22H32ClN3OS. The highest BCUT2D eigenvalue weighted by molar-refractivity contribution is 8.18. The smallest absolute Gasteiger partial charge is 0.264 e. The number of nitrogens with one attached hydrogen (secondary N) is 1. The van der Waals surface area contributed by atoms with Crippen molar-refractivity contribution in [3.05, 3.63) is 40.4 Å². The molecule has 1 aromatic rings. The molecule has 154 valence electrons. The summed E-state index contributed by atoms with van der Waals surface area (Å²) in [6.45, 7) is 6.19. The van der Waals surface area contributed by atoms with Gasteiger partial charge in [0.1, 0.15) is 0 Å². The SMILES string of the molecule is CCCCCCCc1ccc(NC(=O)C2=C(CC)N3CCCN=C3S2)cc1.Cl. The van der Waals surface area contributed by atoms with E-state index in [2.05, 4.69) is 41.2 Å². The van der Waals surface area contributed by atoms with Crippen LogP contribution in [0.15, 0.2) is 39.9 Å². The van der Waals surface area contributed by atoms with Crippen LogP contribution >= 0.6 is 24.2 Å². The second-order valence-corrected chi connectivity index (χ2v) is 8.19. The van der Waals surface area contributed by atoms with Gasteiger partial charge in [-0.1, -0.05) is 51.7 Å². The summed E-state index contributed by atoms with van der Waals surface area (Å²) in [5.74, 6) is -0.0127. The number of rotatable bonds is 9. The van der Waals surface area contributed by atoms with Gasteiger partial charge in [0.25, 0.3) is 5.91 Å². The molecule has 0 saturated heterocycles. The Morgan fingerprint density at radius 2 is 1.89 bits per heavy atom. The van der Waals surface area contributed by atoms with E-state index >= 15 is 0 Å². The van der Waals surface area contributed by atoms with Gasteiger partial charge in [-0.2, -0.15) is 0 Å². The molecule has 0 aliphatic carbocycles. The topological polar surface area (TPSA) is 44.7 Å². The van der Waals surface area contributed by atoms with Gasteiger partial charge in [-0.05, 0) is 55.1 Å². The average Bonchev–Trinajstić information content (AvgIpc) is 3.08. The summed E-state index contributed by atoms with van der Waals surface area (Å²) in [5.41, 5.74) is 3.32. The van der Waals surface area contributed by atoms with Gasteiger partial charge in [0.05, 0.1) is 4.91 Å². The number of hydrogen-bond acceptors (Lipinski definition) is 4. The van der Waals surface area contributed by atoms with Gasteiger partial charge in [0.15, 0.2) is 5.17 Å². The minimum atomic E-state index is -0.0127. The fourth-order valence-electron chi connectivity index (χ4n) is 3.60. The molecule has 0 saturated carbocycles. The lowest BCUT2D eigenvalue weighted by molar-refractivity contribution is -0.112. The quantitative estimate of drug-likeness (QED) is 0.498. The number of thioether (sulfide) groups is 1. The summed E-state index contributed by atoms with van der Waals surface area (Å²) in [7, 11) is 0. The number of aliphatic imine (C=N–C) groups is 1. The van der Waals surface area contributed by atoms with E-state index < -0.39 is 0 Å². The molecule has 0 aromatic heterocycles. The number of allylic oxidation sites excluding steroid dienone is 1. The van der Waals surface area contributed by atoms with Crippen LogP contribution in [0.25, 0.3) is 0 Å². The molecule has 2 aliphatic heterocycles. The fourth-order valence-corrected chi connectivity index (χ4v) is 4.77. The summed E-state index contributed by atoms with van der Waals surface area (Å²) in [6.07, 6.45) is 9.53. The Morgan fingerprint density at radius 3 is 2.61 bits per heavy atom. The molecule has 3 rings (SSSR count). The molecule has 0 radical (unpaired) electrons. The Hall–Kier alpha value is -1.46. The molecule has 1 aromatic carbocycles. The molecule has 1 N–H and O–H groups in total. The number of carbonyl (C=O) groups excluding carboxylic acids is 1. The van der Waals surface area contributed by atoms with Crippen LogP contribution in [0.4, 0.5) is 5.69 Å². The largest absolute Gasteiger partial charge is 0.323 e. The maximum atomic E-state index is 12.8. The molecule has 0 bridgehead atoms. The number of hydrogen-bond donors (Lipinski definition) is 1. The molecule has 0 unspecified atom stereocenters. The Morgan fingerprint density at radius 1 is 1.14 bits per heavy atom. The number of amides is 1. The third-order valence-electron chi connectivity index (χ3n) is 5.12. The van der Waals surface area contributed by atoms with Gasteiger partial charge in [0.2, 0.25) is 0 Å². The first-order valence-corrected chi connectivity index (χ1v) is 11.2. The van der Waals surface area contributed by atoms with Gasteiger partial charge in [-0.15, -0.1) is 12.4 Å². The lowest BCUT2D eigenvalue weighted by Crippen LogP contribution is -2.29. The maximum Gasteiger partial charge on any atom is 0.264 e. The molecule has 2 aliphatic rings. The Balaban J connectivity index is 0.00000280. The van der Waals surface area contributed by atoms with E-state index in [0.29, 0.717) is 0 Å². The molecule has 28 heavy (non-hydrogen) atoms. The van der Waals surface area contributed by atoms with Crippen molar-refractivity contribution in [2.24, 2.45) is 4.99 Å². The summed E-state index contributed by atoms with van der Waals surface area (Å²) in [6, 6.07) is 8.32. The summed E-state index contributed by atoms with van der Waals surface area (Å²) < 4.78 is 0. The molecule has 0 atom stereocenters. The van der Waals surface area contributed by atoms with E-state index in [-0.39, 0.29) is 18.3 Å². The van der Waals surface area contributed by atoms with Crippen molar-refractivity contribution in [3.63, 3.8) is 0 Å². The van der Waals surface area contributed by atoms with Gasteiger partial charge in [-0.25, -0.2) is 0 Å². The molecule has 0 spiro atoms. The number of fused-ring (bicyclic) bond motifs is 1. The minimum absolute atomic E-state index is 0. The number of anilines is 1. The van der Waals surface area contributed by atoms with Crippen LogP contribution in [0.1, 0.15) is 64.4 Å². The van der Waals surface area contributed by atoms with Gasteiger partial charge in [0, 0.05) is 24.5 Å². The summed E-state index contributed by atoms with van der Waals surface area (Å²) in [5, 5.41) is 4.06. The molecule has 4 nitrogen and oxygen atoms in total. The van der Waals surface area contributed by atoms with Crippen molar-refractivity contribution in [3.8, 4) is 0 Å². The third kappa shape index (κ3) is 5.77. The highest BCUT2D eigenvalue weighted by Gasteiger charge is 2.33. The standard InChI is InChI=1S/C22H31N3OS.ClH/c1-3-5-6-7-8-10-17-11-13-18(14-12-17)24-21(26)20-19(4-2)25-16-9-15-23-22(25)27-20;/h11-14H,3-10,15-16H2,1-2H3,(H,24,26);1H. The second kappa shape index (κ2) is 11.5. The zero-order valence-corrected chi connectivity index (χ0v) is 18.6. The van der Waals surface area contributed by atoms with Crippen molar-refractivity contribution in [1.82, 2.24) is 4.90 Å². The average molecular weight is 422 g/mol. The van der Waals surface area contributed by atoms with Crippen LogP contribution in [0.5, 0.6) is 0 Å². The van der Waals surface area contributed by atoms with E-state index in [1.54, 1.807) is 0 Å². The van der Waals surface area contributed by atoms with Crippen molar-refractivity contribution >= 4 is 40.9 Å². The zero-order chi connectivity index (χ0) is 19.1. The number of benzene rings is 1. The number of carbonyl (C=O) groups is 1. The molecule has 6 heteroatoms. The van der Waals surface area contributed by atoms with E-state index in [1.807, 2.05) is 12.1 Å². The van der Waals surface area contributed by atoms with Crippen molar-refractivity contribution < 1.29 is 4.79 Å². The maximum absolute atomic E-state index is 12.8. The Kier molecular flexibility index (Phi) is 9.39. The highest BCUT2D eigenvalue weighted by atomic mass is 35.5. The molecule has 0 fully saturated rings. The first-order valence-electron chi connectivity index (χ1n) is 10.4. The number of amidine groups is 1. The predicted molar refractivity (Wildman–Crippen MR) is 123 cm³/mol. The fraction of sp³-hybridized carbons (Fsp3) is 0.545. The first-order chi connectivity index (χ1) is 13.2. The summed E-state index contributed by atoms with van der Waals surface area (Å²) >= 11 is 1.52. The van der Waals surface area contributed by atoms with Crippen LogP contribution in [-0.2, 0) is 11.2 Å². The van der Waals surface area contributed by atoms with Crippen LogP contribution < -0.4 is 5.32 Å².